The Hall–Kier alpha value is -4.12. The van der Waals surface area contributed by atoms with E-state index >= 15 is 0 Å². The fraction of sp³-hybridized carbons (Fsp3) is 0.217. The van der Waals surface area contributed by atoms with Gasteiger partial charge < -0.3 is 5.11 Å². The smallest absolute Gasteiger partial charge is 0.281 e. The number of hydrogen-bond donors (Lipinski definition) is 1. The van der Waals surface area contributed by atoms with Crippen molar-refractivity contribution in [3.63, 3.8) is 0 Å². The van der Waals surface area contributed by atoms with Crippen LogP contribution in [0.2, 0.25) is 0 Å². The molecule has 3 rings (SSSR count). The molecule has 0 aliphatic heterocycles. The number of nitriles is 1. The fourth-order valence-electron chi connectivity index (χ4n) is 2.88. The van der Waals surface area contributed by atoms with Crippen LogP contribution in [0.1, 0.15) is 30.9 Å². The second-order valence-electron chi connectivity index (χ2n) is 6.85. The molecular formula is C23H22N6O2. The van der Waals surface area contributed by atoms with Gasteiger partial charge in [0.1, 0.15) is 11.6 Å². The average Bonchev–Trinajstić information content (AvgIpc) is 2.79. The summed E-state index contributed by atoms with van der Waals surface area (Å²) in [6.07, 6.45) is 1.53. The Morgan fingerprint density at radius 2 is 1.48 bits per heavy atom. The summed E-state index contributed by atoms with van der Waals surface area (Å²) in [5.74, 6) is -0.328. The van der Waals surface area contributed by atoms with Crippen LogP contribution in [-0.2, 0) is 6.54 Å². The van der Waals surface area contributed by atoms with Gasteiger partial charge in [-0.25, -0.2) is 0 Å². The first-order valence-corrected chi connectivity index (χ1v) is 9.90. The van der Waals surface area contributed by atoms with E-state index in [4.69, 9.17) is 0 Å². The molecule has 1 heterocycles. The van der Waals surface area contributed by atoms with E-state index < -0.39 is 5.56 Å². The molecule has 0 aliphatic carbocycles. The predicted molar refractivity (Wildman–Crippen MR) is 118 cm³/mol. The largest absolute Gasteiger partial charge is 0.493 e. The lowest BCUT2D eigenvalue weighted by atomic mass is 10.1. The van der Waals surface area contributed by atoms with Crippen LogP contribution in [0, 0.1) is 18.3 Å². The molecule has 1 aromatic heterocycles. The molecule has 0 amide bonds. The van der Waals surface area contributed by atoms with Crippen molar-refractivity contribution in [1.82, 2.24) is 4.57 Å². The Morgan fingerprint density at radius 3 is 2.03 bits per heavy atom. The normalized spacial score (nSPS) is 11.3. The first-order chi connectivity index (χ1) is 15.0. The average molecular weight is 414 g/mol. The Bertz CT molecular complexity index is 1210. The van der Waals surface area contributed by atoms with Crippen molar-refractivity contribution >= 4 is 22.7 Å². The molecule has 0 unspecified atom stereocenters. The number of aromatic nitrogens is 1. The summed E-state index contributed by atoms with van der Waals surface area (Å²) < 4.78 is 1.18. The molecular weight excluding hydrogens is 392 g/mol. The minimum absolute atomic E-state index is 0.0290. The van der Waals surface area contributed by atoms with Crippen LogP contribution >= 0.6 is 0 Å². The molecule has 0 atom stereocenters. The molecule has 156 valence electrons. The van der Waals surface area contributed by atoms with E-state index in [-0.39, 0.29) is 17.1 Å². The number of benzene rings is 2. The van der Waals surface area contributed by atoms with E-state index in [0.29, 0.717) is 29.9 Å². The number of unbranched alkanes of at least 4 members (excludes halogenated alkanes) is 1. The molecule has 0 spiro atoms. The predicted octanol–water partition coefficient (Wildman–Crippen LogP) is 6.36. The van der Waals surface area contributed by atoms with Crippen molar-refractivity contribution in [2.24, 2.45) is 20.5 Å². The number of hydrogen-bond acceptors (Lipinski definition) is 7. The van der Waals surface area contributed by atoms with Gasteiger partial charge in [-0.2, -0.15) is 20.6 Å². The number of azo groups is 2. The Kier molecular flexibility index (Phi) is 7.01. The van der Waals surface area contributed by atoms with Gasteiger partial charge in [-0.1, -0.05) is 31.5 Å². The lowest BCUT2D eigenvalue weighted by Gasteiger charge is -2.12. The Labute approximate surface area is 179 Å². The lowest BCUT2D eigenvalue weighted by molar-refractivity contribution is 0.399. The van der Waals surface area contributed by atoms with Crippen molar-refractivity contribution in [2.75, 3.05) is 0 Å². The highest BCUT2D eigenvalue weighted by molar-refractivity contribution is 5.57. The number of pyridine rings is 1. The van der Waals surface area contributed by atoms with Crippen molar-refractivity contribution in [3.8, 4) is 11.9 Å². The molecule has 0 saturated heterocycles. The maximum absolute atomic E-state index is 12.8. The van der Waals surface area contributed by atoms with E-state index in [2.05, 4.69) is 20.5 Å². The highest BCUT2D eigenvalue weighted by Crippen LogP contribution is 2.28. The third-order valence-corrected chi connectivity index (χ3v) is 4.66. The highest BCUT2D eigenvalue weighted by Gasteiger charge is 2.18. The summed E-state index contributed by atoms with van der Waals surface area (Å²) in [6, 6.07) is 18.2. The van der Waals surface area contributed by atoms with Crippen LogP contribution in [0.15, 0.2) is 79.8 Å². The van der Waals surface area contributed by atoms with Crippen molar-refractivity contribution in [1.29, 1.82) is 5.26 Å². The highest BCUT2D eigenvalue weighted by atomic mass is 16.3. The SMILES string of the molecule is CCCCn1c(O)c(C#N)c(C)c(N=Nc2ccc(N=Nc3ccccc3)cc2)c1=O. The summed E-state index contributed by atoms with van der Waals surface area (Å²) >= 11 is 0. The third-order valence-electron chi connectivity index (χ3n) is 4.66. The zero-order chi connectivity index (χ0) is 22.2. The van der Waals surface area contributed by atoms with Crippen molar-refractivity contribution in [3.05, 3.63) is 76.1 Å². The van der Waals surface area contributed by atoms with Crippen LogP contribution in [0.4, 0.5) is 22.7 Å². The van der Waals surface area contributed by atoms with Gasteiger partial charge in [0, 0.05) is 12.1 Å². The van der Waals surface area contributed by atoms with Gasteiger partial charge in [-0.05, 0) is 49.7 Å². The molecule has 1 N–H and O–H groups in total. The van der Waals surface area contributed by atoms with Crippen LogP contribution in [0.3, 0.4) is 0 Å². The summed E-state index contributed by atoms with van der Waals surface area (Å²) in [7, 11) is 0. The van der Waals surface area contributed by atoms with Gasteiger partial charge in [0.05, 0.1) is 17.1 Å². The molecule has 0 fully saturated rings. The topological polar surface area (TPSA) is 115 Å². The van der Waals surface area contributed by atoms with Crippen LogP contribution in [-0.4, -0.2) is 9.67 Å². The van der Waals surface area contributed by atoms with E-state index in [0.717, 1.165) is 12.1 Å². The molecule has 0 saturated carbocycles. The van der Waals surface area contributed by atoms with Gasteiger partial charge in [0.15, 0.2) is 5.69 Å². The second kappa shape index (κ2) is 10.1. The Balaban J connectivity index is 1.87. The fourth-order valence-corrected chi connectivity index (χ4v) is 2.88. The standard InChI is InChI=1S/C23H22N6O2/c1-3-4-14-29-22(30)20(15-24)16(2)21(23(29)31)28-27-19-12-10-18(11-13-19)26-25-17-8-6-5-7-9-17/h5-13,30H,3-4,14H2,1-2H3. The van der Waals surface area contributed by atoms with Crippen LogP contribution in [0.5, 0.6) is 5.88 Å². The van der Waals surface area contributed by atoms with Crippen molar-refractivity contribution in [2.45, 2.75) is 33.2 Å². The van der Waals surface area contributed by atoms with Crippen molar-refractivity contribution < 1.29 is 5.11 Å². The maximum atomic E-state index is 12.8. The molecule has 2 aromatic carbocycles. The number of nitrogens with zero attached hydrogens (tertiary/aromatic N) is 6. The molecule has 0 radical (unpaired) electrons. The maximum Gasteiger partial charge on any atom is 0.281 e. The van der Waals surface area contributed by atoms with Gasteiger partial charge >= 0.3 is 0 Å². The molecule has 8 heteroatoms. The minimum atomic E-state index is -0.473. The summed E-state index contributed by atoms with van der Waals surface area (Å²) in [5, 5.41) is 36.2. The zero-order valence-electron chi connectivity index (χ0n) is 17.4. The van der Waals surface area contributed by atoms with Gasteiger partial charge in [-0.3, -0.25) is 9.36 Å². The molecule has 0 aliphatic rings. The molecule has 8 nitrogen and oxygen atoms in total. The third kappa shape index (κ3) is 5.08. The number of rotatable bonds is 7. The molecule has 3 aromatic rings. The first kappa shape index (κ1) is 21.6. The van der Waals surface area contributed by atoms with Crippen LogP contribution in [0.25, 0.3) is 0 Å². The van der Waals surface area contributed by atoms with Gasteiger partial charge in [0.2, 0.25) is 5.88 Å². The Morgan fingerprint density at radius 1 is 0.935 bits per heavy atom. The molecule has 31 heavy (non-hydrogen) atoms. The first-order valence-electron chi connectivity index (χ1n) is 9.90. The number of aromatic hydroxyl groups is 1. The monoisotopic (exact) mass is 414 g/mol. The quantitative estimate of drug-likeness (QED) is 0.453. The van der Waals surface area contributed by atoms with Gasteiger partial charge in [-0.15, -0.1) is 5.11 Å². The van der Waals surface area contributed by atoms with E-state index in [1.807, 2.05) is 43.3 Å². The summed E-state index contributed by atoms with van der Waals surface area (Å²) in [4.78, 5) is 12.8. The zero-order valence-corrected chi connectivity index (χ0v) is 17.4. The van der Waals surface area contributed by atoms with E-state index in [1.54, 1.807) is 31.2 Å². The lowest BCUT2D eigenvalue weighted by Crippen LogP contribution is -2.22. The summed E-state index contributed by atoms with van der Waals surface area (Å²) in [6.45, 7) is 3.86. The molecule has 0 bridgehead atoms. The summed E-state index contributed by atoms with van der Waals surface area (Å²) in [5.41, 5.74) is 1.82. The van der Waals surface area contributed by atoms with E-state index in [1.165, 1.54) is 4.57 Å². The van der Waals surface area contributed by atoms with E-state index in [9.17, 15) is 15.2 Å². The second-order valence-corrected chi connectivity index (χ2v) is 6.85. The van der Waals surface area contributed by atoms with Gasteiger partial charge in [0.25, 0.3) is 5.56 Å². The van der Waals surface area contributed by atoms with Crippen LogP contribution < -0.4 is 5.56 Å². The minimum Gasteiger partial charge on any atom is -0.493 e.